The van der Waals surface area contributed by atoms with Crippen LogP contribution in [0, 0.1) is 11.8 Å². The molecule has 9 atom stereocenters. The SMILES string of the molecule is CC[C@H]1C[N@@+]23CCc4c([nH]c5c(O[C@@H]6O[C@H](CO)[C@@H](O)[C@H](O)[C@H]6O)cccc45)[C@@H]2C[C@@H]1CC3. The van der Waals surface area contributed by atoms with Crippen LogP contribution in [0.1, 0.15) is 43.5 Å². The molecule has 5 aliphatic heterocycles. The van der Waals surface area contributed by atoms with Gasteiger partial charge in [0.15, 0.2) is 0 Å². The van der Waals surface area contributed by atoms with Crippen LogP contribution in [0.15, 0.2) is 18.2 Å². The minimum Gasteiger partial charge on any atom is -0.460 e. The van der Waals surface area contributed by atoms with Crippen molar-refractivity contribution in [2.24, 2.45) is 11.8 Å². The number of ether oxygens (including phenoxy) is 2. The highest BCUT2D eigenvalue weighted by Crippen LogP contribution is 2.53. The Bertz CT molecular complexity index is 1040. The Hall–Kier alpha value is -1.68. The molecule has 33 heavy (non-hydrogen) atoms. The number of aliphatic hydroxyl groups is 4. The molecular weight excluding hydrogens is 424 g/mol. The second-order valence-corrected chi connectivity index (χ2v) is 10.6. The quantitative estimate of drug-likeness (QED) is 0.439. The van der Waals surface area contributed by atoms with Gasteiger partial charge in [0.25, 0.3) is 0 Å². The third-order valence-corrected chi connectivity index (χ3v) is 9.09. The molecular formula is C25H35N2O6+. The third-order valence-electron chi connectivity index (χ3n) is 9.09. The van der Waals surface area contributed by atoms with E-state index in [1.165, 1.54) is 54.6 Å². The number of aromatic amines is 1. The van der Waals surface area contributed by atoms with E-state index in [0.29, 0.717) is 11.8 Å². The van der Waals surface area contributed by atoms with E-state index >= 15 is 0 Å². The van der Waals surface area contributed by atoms with Crippen molar-refractivity contribution < 1.29 is 34.4 Å². The fraction of sp³-hybridized carbons (Fsp3) is 0.680. The standard InChI is InChI=1S/C25H35N2O6/c1-2-13-11-27-8-6-14(13)10-17(27)20-16(7-9-27)15-4-3-5-18(21(15)26-20)32-25-24(31)23(30)22(29)19(12-28)33-25/h3-5,13-14,17,19,22-26,28-31H,2,6-12H2,1H3/q+1/t13-,14-,17-,19+,22+,23-,24+,25+,27+/m0/s1. The van der Waals surface area contributed by atoms with Gasteiger partial charge < -0.3 is 39.4 Å². The van der Waals surface area contributed by atoms with Gasteiger partial charge in [-0.1, -0.05) is 19.1 Å². The fourth-order valence-electron chi connectivity index (χ4n) is 7.23. The van der Waals surface area contributed by atoms with Crippen molar-refractivity contribution in [3.05, 3.63) is 29.5 Å². The average molecular weight is 460 g/mol. The molecule has 5 aliphatic rings. The van der Waals surface area contributed by atoms with Gasteiger partial charge >= 0.3 is 0 Å². The fourth-order valence-corrected chi connectivity index (χ4v) is 7.23. The van der Waals surface area contributed by atoms with Crippen LogP contribution in [0.4, 0.5) is 0 Å². The van der Waals surface area contributed by atoms with Crippen molar-refractivity contribution in [3.8, 4) is 5.75 Å². The van der Waals surface area contributed by atoms with Crippen LogP contribution < -0.4 is 4.74 Å². The Kier molecular flexibility index (Phi) is 5.25. The molecule has 8 heteroatoms. The molecule has 8 nitrogen and oxygen atoms in total. The summed E-state index contributed by atoms with van der Waals surface area (Å²) < 4.78 is 12.8. The van der Waals surface area contributed by atoms with Gasteiger partial charge in [-0.05, 0) is 24.0 Å². The topological polar surface area (TPSA) is 115 Å². The van der Waals surface area contributed by atoms with E-state index in [4.69, 9.17) is 9.47 Å². The molecule has 2 aromatic rings. The van der Waals surface area contributed by atoms with Gasteiger partial charge in [-0.15, -0.1) is 0 Å². The number of aliphatic hydroxyl groups excluding tert-OH is 4. The van der Waals surface area contributed by atoms with Gasteiger partial charge in [0.05, 0.1) is 37.5 Å². The summed E-state index contributed by atoms with van der Waals surface area (Å²) in [6, 6.07) is 6.39. The van der Waals surface area contributed by atoms with E-state index in [-0.39, 0.29) is 0 Å². The summed E-state index contributed by atoms with van der Waals surface area (Å²) in [7, 11) is 0. The highest BCUT2D eigenvalue weighted by Gasteiger charge is 2.54. The Morgan fingerprint density at radius 3 is 2.79 bits per heavy atom. The molecule has 4 saturated heterocycles. The molecule has 4 fully saturated rings. The normalized spacial score (nSPS) is 42.2. The molecule has 1 aromatic carbocycles. The van der Waals surface area contributed by atoms with Crippen molar-refractivity contribution in [2.75, 3.05) is 26.2 Å². The highest BCUT2D eigenvalue weighted by molar-refractivity contribution is 5.90. The molecule has 0 radical (unpaired) electrons. The van der Waals surface area contributed by atoms with E-state index in [2.05, 4.69) is 18.0 Å². The summed E-state index contributed by atoms with van der Waals surface area (Å²) in [4.78, 5) is 3.71. The van der Waals surface area contributed by atoms with Gasteiger partial charge in [0.1, 0.15) is 36.2 Å². The van der Waals surface area contributed by atoms with Crippen LogP contribution >= 0.6 is 0 Å². The van der Waals surface area contributed by atoms with E-state index < -0.39 is 37.3 Å². The van der Waals surface area contributed by atoms with Crippen molar-refractivity contribution in [2.45, 2.75) is 69.4 Å². The smallest absolute Gasteiger partial charge is 0.229 e. The first-order chi connectivity index (χ1) is 16.0. The summed E-state index contributed by atoms with van der Waals surface area (Å²) in [5.41, 5.74) is 3.59. The summed E-state index contributed by atoms with van der Waals surface area (Å²) in [5, 5.41) is 41.3. The van der Waals surface area contributed by atoms with Gasteiger partial charge in [-0.25, -0.2) is 0 Å². The minimum atomic E-state index is -1.46. The maximum Gasteiger partial charge on any atom is 0.229 e. The van der Waals surface area contributed by atoms with Crippen LogP contribution in [-0.2, 0) is 11.2 Å². The van der Waals surface area contributed by atoms with Crippen molar-refractivity contribution in [3.63, 3.8) is 0 Å². The van der Waals surface area contributed by atoms with Gasteiger partial charge in [-0.3, -0.25) is 0 Å². The van der Waals surface area contributed by atoms with Crippen LogP contribution in [0.3, 0.4) is 0 Å². The van der Waals surface area contributed by atoms with E-state index in [1.54, 1.807) is 0 Å². The number of fused-ring (bicyclic) bond motifs is 5. The average Bonchev–Trinajstić information content (AvgIpc) is 3.24. The number of quaternary nitrogens is 1. The molecule has 180 valence electrons. The Labute approximate surface area is 193 Å². The molecule has 0 unspecified atom stereocenters. The first-order valence-electron chi connectivity index (χ1n) is 12.4. The van der Waals surface area contributed by atoms with Gasteiger partial charge in [0, 0.05) is 30.6 Å². The molecule has 5 N–H and O–H groups in total. The predicted octanol–water partition coefficient (Wildman–Crippen LogP) is 1.21. The lowest BCUT2D eigenvalue weighted by atomic mass is 9.70. The van der Waals surface area contributed by atoms with E-state index in [0.717, 1.165) is 29.2 Å². The number of benzene rings is 1. The first-order valence-corrected chi connectivity index (χ1v) is 12.4. The monoisotopic (exact) mass is 459 g/mol. The number of nitrogens with zero attached hydrogens (tertiary/aromatic N) is 1. The summed E-state index contributed by atoms with van der Waals surface area (Å²) in [6.07, 6.45) is -1.58. The Balaban J connectivity index is 1.34. The lowest BCUT2D eigenvalue weighted by Gasteiger charge is -2.59. The number of rotatable bonds is 4. The lowest BCUT2D eigenvalue weighted by molar-refractivity contribution is -0.978. The zero-order valence-electron chi connectivity index (χ0n) is 19.1. The number of para-hydroxylation sites is 1. The zero-order valence-corrected chi connectivity index (χ0v) is 19.1. The molecule has 2 bridgehead atoms. The number of hydrogen-bond donors (Lipinski definition) is 5. The number of aromatic nitrogens is 1. The molecule has 1 spiro atoms. The Morgan fingerprint density at radius 2 is 2.00 bits per heavy atom. The van der Waals surface area contributed by atoms with Gasteiger partial charge in [-0.2, -0.15) is 0 Å². The molecule has 6 heterocycles. The number of H-pyrrole nitrogens is 1. The van der Waals surface area contributed by atoms with E-state index in [9.17, 15) is 20.4 Å². The zero-order chi connectivity index (χ0) is 22.9. The van der Waals surface area contributed by atoms with Crippen LogP contribution in [0.25, 0.3) is 10.9 Å². The molecule has 7 rings (SSSR count). The maximum absolute atomic E-state index is 10.4. The van der Waals surface area contributed by atoms with Gasteiger partial charge in [0.2, 0.25) is 6.29 Å². The lowest BCUT2D eigenvalue weighted by Crippen LogP contribution is -2.65. The molecule has 0 amide bonds. The summed E-state index contributed by atoms with van der Waals surface area (Å²) in [6.45, 7) is 5.60. The first kappa shape index (κ1) is 21.8. The summed E-state index contributed by atoms with van der Waals surface area (Å²) >= 11 is 0. The summed E-state index contributed by atoms with van der Waals surface area (Å²) in [5.74, 6) is 2.19. The van der Waals surface area contributed by atoms with Crippen LogP contribution in [0.2, 0.25) is 0 Å². The van der Waals surface area contributed by atoms with Crippen molar-refractivity contribution >= 4 is 10.9 Å². The van der Waals surface area contributed by atoms with Crippen LogP contribution in [-0.4, -0.2) is 86.8 Å². The molecule has 0 aliphatic carbocycles. The number of nitrogens with one attached hydrogen (secondary N) is 1. The van der Waals surface area contributed by atoms with E-state index in [1.807, 2.05) is 12.1 Å². The highest BCUT2D eigenvalue weighted by atomic mass is 16.7. The Morgan fingerprint density at radius 1 is 1.15 bits per heavy atom. The van der Waals surface area contributed by atoms with Crippen molar-refractivity contribution in [1.29, 1.82) is 0 Å². The maximum atomic E-state index is 10.4. The molecule has 1 aromatic heterocycles. The number of piperidine rings is 3. The minimum absolute atomic E-state index is 0.479. The second kappa shape index (κ2) is 7.93. The van der Waals surface area contributed by atoms with Crippen LogP contribution in [0.5, 0.6) is 5.75 Å². The molecule has 0 saturated carbocycles. The number of hydrogen-bond acceptors (Lipinski definition) is 6. The third kappa shape index (κ3) is 3.19. The predicted molar refractivity (Wildman–Crippen MR) is 121 cm³/mol. The largest absolute Gasteiger partial charge is 0.460 e. The van der Waals surface area contributed by atoms with Crippen molar-refractivity contribution in [1.82, 2.24) is 4.98 Å². The second-order valence-electron chi connectivity index (χ2n) is 10.6.